The highest BCUT2D eigenvalue weighted by molar-refractivity contribution is 7.89. The van der Waals surface area contributed by atoms with Gasteiger partial charge >= 0.3 is 0 Å². The minimum absolute atomic E-state index is 0.0256. The lowest BCUT2D eigenvalue weighted by molar-refractivity contribution is 0.0769. The SMILES string of the molecule is CCN1NC2CC3CCC2(CS1(=O)=O)C3(C)C. The molecule has 2 saturated carbocycles. The zero-order valence-corrected chi connectivity index (χ0v) is 11.7. The van der Waals surface area contributed by atoms with E-state index in [0.29, 0.717) is 24.3 Å². The van der Waals surface area contributed by atoms with E-state index in [1.807, 2.05) is 6.92 Å². The Labute approximate surface area is 104 Å². The lowest BCUT2D eigenvalue weighted by Gasteiger charge is -2.48. The number of nitrogens with one attached hydrogen (secondary N) is 1. The van der Waals surface area contributed by atoms with Crippen molar-refractivity contribution in [3.63, 3.8) is 0 Å². The Kier molecular flexibility index (Phi) is 2.28. The van der Waals surface area contributed by atoms with Gasteiger partial charge in [-0.25, -0.2) is 13.8 Å². The molecule has 0 aromatic carbocycles. The number of nitrogens with zero attached hydrogens (tertiary/aromatic N) is 1. The summed E-state index contributed by atoms with van der Waals surface area (Å²) in [5.41, 5.74) is 3.42. The molecule has 1 aliphatic heterocycles. The minimum atomic E-state index is -3.12. The molecule has 17 heavy (non-hydrogen) atoms. The predicted molar refractivity (Wildman–Crippen MR) is 66.6 cm³/mol. The molecule has 2 aliphatic carbocycles. The molecule has 2 bridgehead atoms. The van der Waals surface area contributed by atoms with Gasteiger partial charge in [0.1, 0.15) is 0 Å². The quantitative estimate of drug-likeness (QED) is 0.772. The molecule has 0 amide bonds. The molecule has 3 rings (SSSR count). The summed E-state index contributed by atoms with van der Waals surface area (Å²) >= 11 is 0. The molecule has 3 unspecified atom stereocenters. The van der Waals surface area contributed by atoms with Gasteiger partial charge in [-0.1, -0.05) is 13.8 Å². The first-order chi connectivity index (χ1) is 7.83. The highest BCUT2D eigenvalue weighted by atomic mass is 32.2. The lowest BCUT2D eigenvalue weighted by Crippen LogP contribution is -2.63. The van der Waals surface area contributed by atoms with Crippen LogP contribution in [0.2, 0.25) is 0 Å². The van der Waals surface area contributed by atoms with E-state index in [4.69, 9.17) is 0 Å². The van der Waals surface area contributed by atoms with Crippen LogP contribution in [-0.2, 0) is 10.0 Å². The number of rotatable bonds is 1. The van der Waals surface area contributed by atoms with Crippen molar-refractivity contribution in [1.82, 2.24) is 9.84 Å². The standard InChI is InChI=1S/C12H22N2O2S/c1-4-14-13-10-7-9-5-6-12(10,11(9,2)3)8-17(14,15)16/h9-10,13H,4-8H2,1-3H3. The van der Waals surface area contributed by atoms with E-state index in [0.717, 1.165) is 12.8 Å². The van der Waals surface area contributed by atoms with E-state index in [1.54, 1.807) is 0 Å². The highest BCUT2D eigenvalue weighted by Crippen LogP contribution is 2.67. The average molecular weight is 258 g/mol. The van der Waals surface area contributed by atoms with Crippen molar-refractivity contribution in [3.8, 4) is 0 Å². The Morgan fingerprint density at radius 1 is 1.41 bits per heavy atom. The molecule has 3 fully saturated rings. The summed E-state index contributed by atoms with van der Waals surface area (Å²) in [6.45, 7) is 6.95. The number of sulfonamides is 1. The van der Waals surface area contributed by atoms with Gasteiger partial charge in [0, 0.05) is 18.0 Å². The number of hydrogen-bond donors (Lipinski definition) is 1. The van der Waals surface area contributed by atoms with Crippen LogP contribution in [0.5, 0.6) is 0 Å². The van der Waals surface area contributed by atoms with Crippen molar-refractivity contribution in [3.05, 3.63) is 0 Å². The molecular formula is C12H22N2O2S. The average Bonchev–Trinajstić information content (AvgIpc) is 2.58. The van der Waals surface area contributed by atoms with Crippen LogP contribution >= 0.6 is 0 Å². The zero-order chi connectivity index (χ0) is 12.5. The van der Waals surface area contributed by atoms with Crippen molar-refractivity contribution < 1.29 is 8.42 Å². The van der Waals surface area contributed by atoms with Gasteiger partial charge < -0.3 is 0 Å². The smallest absolute Gasteiger partial charge is 0.227 e. The second-order valence-electron chi connectivity index (χ2n) is 6.45. The molecule has 5 heteroatoms. The highest BCUT2D eigenvalue weighted by Gasteiger charge is 2.67. The predicted octanol–water partition coefficient (Wildman–Crippen LogP) is 1.35. The fourth-order valence-electron chi connectivity index (χ4n) is 4.55. The summed E-state index contributed by atoms with van der Waals surface area (Å²) in [6.07, 6.45) is 3.41. The molecule has 1 saturated heterocycles. The van der Waals surface area contributed by atoms with Crippen LogP contribution in [0.15, 0.2) is 0 Å². The number of hydrazine groups is 1. The van der Waals surface area contributed by atoms with Gasteiger partial charge in [0.05, 0.1) is 5.75 Å². The van der Waals surface area contributed by atoms with Gasteiger partial charge in [-0.2, -0.15) is 0 Å². The number of fused-ring (bicyclic) bond motifs is 1. The summed E-state index contributed by atoms with van der Waals surface area (Å²) in [6, 6.07) is 0.361. The third kappa shape index (κ3) is 1.28. The Morgan fingerprint density at radius 3 is 2.71 bits per heavy atom. The van der Waals surface area contributed by atoms with Crippen LogP contribution in [0.3, 0.4) is 0 Å². The summed E-state index contributed by atoms with van der Waals surface area (Å²) < 4.78 is 26.0. The fourth-order valence-corrected chi connectivity index (χ4v) is 6.75. The van der Waals surface area contributed by atoms with Gasteiger partial charge in [-0.05, 0) is 37.5 Å². The van der Waals surface area contributed by atoms with E-state index in [-0.39, 0.29) is 10.8 Å². The molecule has 3 atom stereocenters. The normalized spacial score (nSPS) is 47.0. The van der Waals surface area contributed by atoms with Gasteiger partial charge in [0.15, 0.2) is 0 Å². The second kappa shape index (κ2) is 3.25. The second-order valence-corrected chi connectivity index (χ2v) is 8.35. The molecule has 1 heterocycles. The Balaban J connectivity index is 2.04. The van der Waals surface area contributed by atoms with Crippen molar-refractivity contribution in [2.75, 3.05) is 12.3 Å². The van der Waals surface area contributed by atoms with Gasteiger partial charge in [-0.3, -0.25) is 0 Å². The Morgan fingerprint density at radius 2 is 2.12 bits per heavy atom. The molecule has 0 aromatic heterocycles. The van der Waals surface area contributed by atoms with Crippen LogP contribution in [-0.4, -0.2) is 31.2 Å². The first-order valence-electron chi connectivity index (χ1n) is 6.60. The molecule has 3 aliphatic rings. The summed E-state index contributed by atoms with van der Waals surface area (Å²) in [4.78, 5) is 0. The maximum absolute atomic E-state index is 12.3. The van der Waals surface area contributed by atoms with Gasteiger partial charge in [0.2, 0.25) is 10.0 Å². The van der Waals surface area contributed by atoms with Gasteiger partial charge in [-0.15, -0.1) is 4.41 Å². The van der Waals surface area contributed by atoms with Crippen LogP contribution in [0.25, 0.3) is 0 Å². The molecular weight excluding hydrogens is 236 g/mol. The molecule has 1 spiro atoms. The first kappa shape index (κ1) is 11.9. The topological polar surface area (TPSA) is 49.4 Å². The first-order valence-corrected chi connectivity index (χ1v) is 8.21. The molecule has 4 nitrogen and oxygen atoms in total. The minimum Gasteiger partial charge on any atom is -0.238 e. The monoisotopic (exact) mass is 258 g/mol. The Hall–Kier alpha value is -0.130. The third-order valence-corrected chi connectivity index (χ3v) is 7.71. The van der Waals surface area contributed by atoms with Crippen molar-refractivity contribution >= 4 is 10.0 Å². The van der Waals surface area contributed by atoms with Gasteiger partial charge in [0.25, 0.3) is 0 Å². The fraction of sp³-hybridized carbons (Fsp3) is 1.00. The van der Waals surface area contributed by atoms with Crippen LogP contribution < -0.4 is 5.43 Å². The lowest BCUT2D eigenvalue weighted by atomic mass is 9.69. The Bertz CT molecular complexity index is 445. The van der Waals surface area contributed by atoms with E-state index >= 15 is 0 Å². The van der Waals surface area contributed by atoms with E-state index < -0.39 is 10.0 Å². The van der Waals surface area contributed by atoms with Crippen molar-refractivity contribution in [2.45, 2.75) is 46.1 Å². The summed E-state index contributed by atoms with van der Waals surface area (Å²) in [5, 5.41) is 0. The van der Waals surface area contributed by atoms with Crippen LogP contribution in [0.1, 0.15) is 40.0 Å². The maximum atomic E-state index is 12.3. The molecule has 0 radical (unpaired) electrons. The van der Waals surface area contributed by atoms with Crippen LogP contribution in [0.4, 0.5) is 0 Å². The number of hydrogen-bond acceptors (Lipinski definition) is 3. The zero-order valence-electron chi connectivity index (χ0n) is 10.9. The van der Waals surface area contributed by atoms with Crippen molar-refractivity contribution in [2.24, 2.45) is 16.7 Å². The summed E-state index contributed by atoms with van der Waals surface area (Å²) in [7, 11) is -3.12. The molecule has 98 valence electrons. The largest absolute Gasteiger partial charge is 0.238 e. The van der Waals surface area contributed by atoms with E-state index in [2.05, 4.69) is 19.3 Å². The van der Waals surface area contributed by atoms with Crippen LogP contribution in [0, 0.1) is 16.7 Å². The van der Waals surface area contributed by atoms with E-state index in [9.17, 15) is 8.42 Å². The summed E-state index contributed by atoms with van der Waals surface area (Å²) in [5.74, 6) is 1.03. The molecule has 0 aromatic rings. The maximum Gasteiger partial charge on any atom is 0.227 e. The van der Waals surface area contributed by atoms with Crippen molar-refractivity contribution in [1.29, 1.82) is 0 Å². The molecule has 1 N–H and O–H groups in total. The van der Waals surface area contributed by atoms with E-state index in [1.165, 1.54) is 10.8 Å². The third-order valence-electron chi connectivity index (χ3n) is 5.79.